The van der Waals surface area contributed by atoms with Crippen LogP contribution in [0.3, 0.4) is 0 Å². The Morgan fingerprint density at radius 3 is 2.95 bits per heavy atom. The van der Waals surface area contributed by atoms with Crippen LogP contribution in [0.1, 0.15) is 30.5 Å². The summed E-state index contributed by atoms with van der Waals surface area (Å²) in [6.07, 6.45) is 7.46. The van der Waals surface area contributed by atoms with Crippen LogP contribution in [-0.4, -0.2) is 15.0 Å². The van der Waals surface area contributed by atoms with Gasteiger partial charge < -0.3 is 5.73 Å². The Balaban J connectivity index is 1.84. The van der Waals surface area contributed by atoms with E-state index in [1.807, 2.05) is 17.6 Å². The van der Waals surface area contributed by atoms with Gasteiger partial charge in [-0.05, 0) is 43.2 Å². The van der Waals surface area contributed by atoms with Gasteiger partial charge in [-0.3, -0.25) is 4.98 Å². The smallest absolute Gasteiger partial charge is 0.163 e. The number of nitrogen functional groups attached to an aromatic ring is 1. The highest BCUT2D eigenvalue weighted by Crippen LogP contribution is 2.28. The van der Waals surface area contributed by atoms with Gasteiger partial charge in [0, 0.05) is 23.0 Å². The third-order valence-electron chi connectivity index (χ3n) is 4.03. The van der Waals surface area contributed by atoms with E-state index >= 15 is 0 Å². The zero-order chi connectivity index (χ0) is 14.2. The Morgan fingerprint density at radius 1 is 1.10 bits per heavy atom. The number of aryl methyl sites for hydroxylation is 1. The minimum atomic E-state index is 0.642. The quantitative estimate of drug-likeness (QED) is 0.697. The predicted molar refractivity (Wildman–Crippen MR) is 86.3 cm³/mol. The average Bonchev–Trinajstić information content (AvgIpc) is 2.83. The Labute approximate surface area is 127 Å². The second-order valence-corrected chi connectivity index (χ2v) is 6.39. The fourth-order valence-electron chi connectivity index (χ4n) is 2.90. The maximum absolute atomic E-state index is 6.17. The molecule has 5 heteroatoms. The van der Waals surface area contributed by atoms with Gasteiger partial charge in [0.15, 0.2) is 5.82 Å². The Morgan fingerprint density at radius 2 is 2.00 bits per heavy atom. The first-order chi connectivity index (χ1) is 10.3. The fraction of sp³-hybridized carbons (Fsp3) is 0.312. The zero-order valence-corrected chi connectivity index (χ0v) is 12.5. The van der Waals surface area contributed by atoms with E-state index < -0.39 is 0 Å². The van der Waals surface area contributed by atoms with E-state index in [0.29, 0.717) is 11.6 Å². The summed E-state index contributed by atoms with van der Waals surface area (Å²) >= 11 is 1.68. The SMILES string of the molecule is Nc1nc(-c2cnc3ccsc3c2)nc2c1CCCCC2. The van der Waals surface area contributed by atoms with Gasteiger partial charge in [-0.1, -0.05) is 6.42 Å². The molecule has 1 aliphatic carbocycles. The molecule has 3 aromatic rings. The first kappa shape index (κ1) is 12.7. The molecular formula is C16H16N4S. The number of fused-ring (bicyclic) bond motifs is 2. The van der Waals surface area contributed by atoms with E-state index in [9.17, 15) is 0 Å². The molecule has 0 radical (unpaired) electrons. The lowest BCUT2D eigenvalue weighted by molar-refractivity contribution is 0.709. The van der Waals surface area contributed by atoms with E-state index in [1.54, 1.807) is 11.3 Å². The summed E-state index contributed by atoms with van der Waals surface area (Å²) in [5.74, 6) is 1.35. The molecule has 0 fully saturated rings. The van der Waals surface area contributed by atoms with Crippen molar-refractivity contribution in [3.63, 3.8) is 0 Å². The van der Waals surface area contributed by atoms with Gasteiger partial charge in [0.2, 0.25) is 0 Å². The molecule has 0 saturated carbocycles. The second-order valence-electron chi connectivity index (χ2n) is 5.45. The third kappa shape index (κ3) is 2.27. The van der Waals surface area contributed by atoms with E-state index in [0.717, 1.165) is 39.9 Å². The lowest BCUT2D eigenvalue weighted by Gasteiger charge is -2.10. The molecule has 4 rings (SSSR count). The van der Waals surface area contributed by atoms with Crippen molar-refractivity contribution in [3.05, 3.63) is 35.0 Å². The topological polar surface area (TPSA) is 64.7 Å². The predicted octanol–water partition coefficient (Wildman–Crippen LogP) is 3.60. The number of hydrogen-bond acceptors (Lipinski definition) is 5. The molecule has 4 nitrogen and oxygen atoms in total. The first-order valence-electron chi connectivity index (χ1n) is 7.30. The van der Waals surface area contributed by atoms with Crippen molar-refractivity contribution in [3.8, 4) is 11.4 Å². The lowest BCUT2D eigenvalue weighted by Crippen LogP contribution is -2.06. The van der Waals surface area contributed by atoms with Gasteiger partial charge in [-0.2, -0.15) is 0 Å². The Bertz CT molecular complexity index is 809. The number of aromatic nitrogens is 3. The molecule has 106 valence electrons. The van der Waals surface area contributed by atoms with Gasteiger partial charge in [0.05, 0.1) is 10.2 Å². The molecule has 2 N–H and O–H groups in total. The molecule has 0 aliphatic heterocycles. The summed E-state index contributed by atoms with van der Waals surface area (Å²) in [6, 6.07) is 4.13. The summed E-state index contributed by atoms with van der Waals surface area (Å²) in [5.41, 5.74) is 10.4. The monoisotopic (exact) mass is 296 g/mol. The molecule has 21 heavy (non-hydrogen) atoms. The molecule has 0 aromatic carbocycles. The summed E-state index contributed by atoms with van der Waals surface area (Å²) in [5, 5.41) is 2.05. The van der Waals surface area contributed by atoms with Crippen molar-refractivity contribution in [2.24, 2.45) is 0 Å². The van der Waals surface area contributed by atoms with Gasteiger partial charge in [-0.15, -0.1) is 11.3 Å². The van der Waals surface area contributed by atoms with Gasteiger partial charge >= 0.3 is 0 Å². The van der Waals surface area contributed by atoms with Crippen molar-refractivity contribution < 1.29 is 0 Å². The molecular weight excluding hydrogens is 280 g/mol. The van der Waals surface area contributed by atoms with Crippen molar-refractivity contribution in [1.29, 1.82) is 0 Å². The lowest BCUT2D eigenvalue weighted by atomic mass is 10.1. The summed E-state index contributed by atoms with van der Waals surface area (Å²) in [6.45, 7) is 0. The number of pyridine rings is 1. The van der Waals surface area contributed by atoms with E-state index in [-0.39, 0.29) is 0 Å². The van der Waals surface area contributed by atoms with Crippen LogP contribution in [0, 0.1) is 0 Å². The van der Waals surface area contributed by atoms with Gasteiger partial charge in [0.1, 0.15) is 5.82 Å². The zero-order valence-electron chi connectivity index (χ0n) is 11.7. The number of rotatable bonds is 1. The standard InChI is InChI=1S/C16H16N4S/c17-15-11-4-2-1-3-5-12(11)19-16(20-15)10-8-14-13(18-9-10)6-7-21-14/h6-9H,1-5H2,(H2,17,19,20). The van der Waals surface area contributed by atoms with Crippen LogP contribution in [0.5, 0.6) is 0 Å². The summed E-state index contributed by atoms with van der Waals surface area (Å²) in [4.78, 5) is 13.8. The second kappa shape index (κ2) is 5.07. The largest absolute Gasteiger partial charge is 0.383 e. The van der Waals surface area contributed by atoms with Crippen molar-refractivity contribution in [1.82, 2.24) is 15.0 Å². The van der Waals surface area contributed by atoms with Crippen molar-refractivity contribution in [2.45, 2.75) is 32.1 Å². The number of thiophene rings is 1. The van der Waals surface area contributed by atoms with E-state index in [2.05, 4.69) is 16.0 Å². The van der Waals surface area contributed by atoms with Crippen LogP contribution in [0.15, 0.2) is 23.7 Å². The average molecular weight is 296 g/mol. The summed E-state index contributed by atoms with van der Waals surface area (Å²) < 4.78 is 1.16. The van der Waals surface area contributed by atoms with Crippen LogP contribution in [0.2, 0.25) is 0 Å². The Kier molecular flexibility index (Phi) is 3.07. The van der Waals surface area contributed by atoms with Crippen LogP contribution in [-0.2, 0) is 12.8 Å². The first-order valence-corrected chi connectivity index (χ1v) is 8.18. The number of hydrogen-bond donors (Lipinski definition) is 1. The van der Waals surface area contributed by atoms with Crippen molar-refractivity contribution >= 4 is 27.4 Å². The highest BCUT2D eigenvalue weighted by Gasteiger charge is 2.16. The van der Waals surface area contributed by atoms with Gasteiger partial charge in [0.25, 0.3) is 0 Å². The molecule has 0 atom stereocenters. The molecule has 3 aromatic heterocycles. The number of nitrogens with two attached hydrogens (primary N) is 1. The molecule has 1 aliphatic rings. The minimum Gasteiger partial charge on any atom is -0.383 e. The van der Waals surface area contributed by atoms with Crippen LogP contribution in [0.4, 0.5) is 5.82 Å². The van der Waals surface area contributed by atoms with Crippen LogP contribution in [0.25, 0.3) is 21.6 Å². The molecule has 0 spiro atoms. The highest BCUT2D eigenvalue weighted by molar-refractivity contribution is 7.17. The molecule has 0 bridgehead atoms. The number of nitrogens with zero attached hydrogens (tertiary/aromatic N) is 3. The highest BCUT2D eigenvalue weighted by atomic mass is 32.1. The van der Waals surface area contributed by atoms with Crippen LogP contribution >= 0.6 is 11.3 Å². The molecule has 3 heterocycles. The summed E-state index contributed by atoms with van der Waals surface area (Å²) in [7, 11) is 0. The molecule has 0 saturated heterocycles. The molecule has 0 amide bonds. The Hall–Kier alpha value is -2.01. The normalized spacial score (nSPS) is 14.9. The van der Waals surface area contributed by atoms with E-state index in [4.69, 9.17) is 10.7 Å². The fourth-order valence-corrected chi connectivity index (χ4v) is 3.68. The third-order valence-corrected chi connectivity index (χ3v) is 4.88. The van der Waals surface area contributed by atoms with Crippen molar-refractivity contribution in [2.75, 3.05) is 5.73 Å². The number of anilines is 1. The molecule has 0 unspecified atom stereocenters. The van der Waals surface area contributed by atoms with Crippen LogP contribution < -0.4 is 5.73 Å². The van der Waals surface area contributed by atoms with E-state index in [1.165, 1.54) is 19.3 Å². The maximum Gasteiger partial charge on any atom is 0.163 e. The minimum absolute atomic E-state index is 0.642. The van der Waals surface area contributed by atoms with Gasteiger partial charge in [-0.25, -0.2) is 9.97 Å². The maximum atomic E-state index is 6.17.